The number of likely N-dealkylation sites (tertiary alicyclic amines) is 1. The molecule has 0 saturated carbocycles. The van der Waals surface area contributed by atoms with Gasteiger partial charge in [-0.15, -0.1) is 0 Å². The van der Waals surface area contributed by atoms with Crippen molar-refractivity contribution in [2.75, 3.05) is 26.2 Å². The first-order chi connectivity index (χ1) is 7.94. The van der Waals surface area contributed by atoms with Gasteiger partial charge in [0.25, 0.3) is 0 Å². The zero-order valence-electron chi connectivity index (χ0n) is 12.6. The molecule has 0 aromatic heterocycles. The van der Waals surface area contributed by atoms with Crippen LogP contribution in [0.15, 0.2) is 0 Å². The molecule has 17 heavy (non-hydrogen) atoms. The Morgan fingerprint density at radius 2 is 1.71 bits per heavy atom. The molecular formula is C15H32N2. The largest absolute Gasteiger partial charge is 0.315 e. The van der Waals surface area contributed by atoms with Gasteiger partial charge in [-0.1, -0.05) is 34.6 Å². The molecule has 102 valence electrons. The number of nitrogens with zero attached hydrogens (tertiary/aromatic N) is 1. The second kappa shape index (κ2) is 6.75. The molecule has 0 aliphatic carbocycles. The van der Waals surface area contributed by atoms with Crippen molar-refractivity contribution in [2.24, 2.45) is 11.3 Å². The molecule has 1 saturated heterocycles. The number of piperidine rings is 1. The Hall–Kier alpha value is -0.0800. The first-order valence-corrected chi connectivity index (χ1v) is 7.39. The summed E-state index contributed by atoms with van der Waals surface area (Å²) in [6.45, 7) is 16.6. The van der Waals surface area contributed by atoms with Crippen LogP contribution in [0.2, 0.25) is 0 Å². The van der Waals surface area contributed by atoms with Gasteiger partial charge in [0, 0.05) is 12.6 Å². The Bertz CT molecular complexity index is 201. The van der Waals surface area contributed by atoms with Gasteiger partial charge in [0.2, 0.25) is 0 Å². The lowest BCUT2D eigenvalue weighted by molar-refractivity contribution is 0.0907. The fourth-order valence-corrected chi connectivity index (χ4v) is 2.56. The minimum Gasteiger partial charge on any atom is -0.315 e. The molecule has 1 N–H and O–H groups in total. The van der Waals surface area contributed by atoms with E-state index < -0.39 is 0 Å². The third-order valence-corrected chi connectivity index (χ3v) is 4.07. The predicted molar refractivity (Wildman–Crippen MR) is 76.4 cm³/mol. The predicted octanol–water partition coefficient (Wildman–Crippen LogP) is 3.13. The summed E-state index contributed by atoms with van der Waals surface area (Å²) >= 11 is 0. The van der Waals surface area contributed by atoms with E-state index in [4.69, 9.17) is 0 Å². The van der Waals surface area contributed by atoms with Crippen LogP contribution in [0.3, 0.4) is 0 Å². The topological polar surface area (TPSA) is 15.3 Å². The molecule has 2 heteroatoms. The summed E-state index contributed by atoms with van der Waals surface area (Å²) in [5, 5.41) is 3.61. The molecule has 1 rings (SSSR count). The van der Waals surface area contributed by atoms with Crippen molar-refractivity contribution in [3.8, 4) is 0 Å². The maximum absolute atomic E-state index is 3.61. The van der Waals surface area contributed by atoms with Crippen molar-refractivity contribution in [1.82, 2.24) is 10.2 Å². The van der Waals surface area contributed by atoms with Gasteiger partial charge >= 0.3 is 0 Å². The molecule has 2 nitrogen and oxygen atoms in total. The number of hydrogen-bond acceptors (Lipinski definition) is 2. The highest BCUT2D eigenvalue weighted by Gasteiger charge is 2.28. The molecule has 0 bridgehead atoms. The second-order valence-corrected chi connectivity index (χ2v) is 6.81. The van der Waals surface area contributed by atoms with Crippen LogP contribution in [0.25, 0.3) is 0 Å². The van der Waals surface area contributed by atoms with E-state index in [2.05, 4.69) is 44.8 Å². The lowest BCUT2D eigenvalue weighted by Gasteiger charge is -2.41. The highest BCUT2D eigenvalue weighted by atomic mass is 15.2. The van der Waals surface area contributed by atoms with Gasteiger partial charge in [0.1, 0.15) is 0 Å². The molecule has 0 aromatic rings. The Balaban J connectivity index is 2.31. The van der Waals surface area contributed by atoms with Crippen LogP contribution in [-0.4, -0.2) is 37.1 Å². The van der Waals surface area contributed by atoms with Crippen LogP contribution < -0.4 is 5.32 Å². The molecule has 0 spiro atoms. The summed E-state index contributed by atoms with van der Waals surface area (Å²) in [5.74, 6) is 0.757. The van der Waals surface area contributed by atoms with Crippen LogP contribution in [0.5, 0.6) is 0 Å². The second-order valence-electron chi connectivity index (χ2n) is 6.81. The Labute approximate surface area is 108 Å². The quantitative estimate of drug-likeness (QED) is 0.767. The standard InChI is InChI=1S/C15H32N2/c1-6-14(12-16-11-13(2)3)17-9-7-15(4,5)8-10-17/h13-14,16H,6-12H2,1-5H3. The molecule has 1 aliphatic heterocycles. The average molecular weight is 240 g/mol. The van der Waals surface area contributed by atoms with E-state index in [0.29, 0.717) is 5.41 Å². The van der Waals surface area contributed by atoms with Crippen molar-refractivity contribution in [3.63, 3.8) is 0 Å². The molecule has 1 aliphatic rings. The van der Waals surface area contributed by atoms with Crippen molar-refractivity contribution >= 4 is 0 Å². The minimum atomic E-state index is 0.570. The highest BCUT2D eigenvalue weighted by Crippen LogP contribution is 2.30. The minimum absolute atomic E-state index is 0.570. The molecular weight excluding hydrogens is 208 g/mol. The van der Waals surface area contributed by atoms with Crippen LogP contribution >= 0.6 is 0 Å². The summed E-state index contributed by atoms with van der Waals surface area (Å²) < 4.78 is 0. The smallest absolute Gasteiger partial charge is 0.0218 e. The normalized spacial score (nSPS) is 22.9. The zero-order valence-corrected chi connectivity index (χ0v) is 12.6. The van der Waals surface area contributed by atoms with E-state index in [1.807, 2.05) is 0 Å². The Kier molecular flexibility index (Phi) is 5.94. The van der Waals surface area contributed by atoms with Gasteiger partial charge in [0.15, 0.2) is 0 Å². The molecule has 0 aromatic carbocycles. The van der Waals surface area contributed by atoms with Crippen LogP contribution in [-0.2, 0) is 0 Å². The summed E-state index contributed by atoms with van der Waals surface area (Å²) in [4.78, 5) is 2.69. The van der Waals surface area contributed by atoms with Crippen molar-refractivity contribution in [3.05, 3.63) is 0 Å². The zero-order chi connectivity index (χ0) is 12.9. The van der Waals surface area contributed by atoms with Gasteiger partial charge in [-0.25, -0.2) is 0 Å². The van der Waals surface area contributed by atoms with Gasteiger partial charge in [-0.05, 0) is 50.2 Å². The van der Waals surface area contributed by atoms with E-state index in [-0.39, 0.29) is 0 Å². The van der Waals surface area contributed by atoms with E-state index in [0.717, 1.165) is 25.0 Å². The van der Waals surface area contributed by atoms with Gasteiger partial charge in [-0.3, -0.25) is 4.90 Å². The molecule has 1 fully saturated rings. The van der Waals surface area contributed by atoms with E-state index in [1.165, 1.54) is 32.4 Å². The van der Waals surface area contributed by atoms with Crippen LogP contribution in [0, 0.1) is 11.3 Å². The van der Waals surface area contributed by atoms with Crippen molar-refractivity contribution in [1.29, 1.82) is 0 Å². The summed E-state index contributed by atoms with van der Waals surface area (Å²) in [6.07, 6.45) is 3.98. The Morgan fingerprint density at radius 3 is 2.18 bits per heavy atom. The third-order valence-electron chi connectivity index (χ3n) is 4.07. The van der Waals surface area contributed by atoms with Crippen LogP contribution in [0.4, 0.5) is 0 Å². The van der Waals surface area contributed by atoms with Gasteiger partial charge in [-0.2, -0.15) is 0 Å². The fourth-order valence-electron chi connectivity index (χ4n) is 2.56. The maximum Gasteiger partial charge on any atom is 0.0218 e. The van der Waals surface area contributed by atoms with E-state index in [1.54, 1.807) is 0 Å². The average Bonchev–Trinajstić information content (AvgIpc) is 2.25. The number of rotatable bonds is 6. The number of nitrogens with one attached hydrogen (secondary N) is 1. The third kappa shape index (κ3) is 5.39. The van der Waals surface area contributed by atoms with Crippen molar-refractivity contribution in [2.45, 2.75) is 59.9 Å². The molecule has 1 unspecified atom stereocenters. The van der Waals surface area contributed by atoms with E-state index >= 15 is 0 Å². The molecule has 1 atom stereocenters. The lowest BCUT2D eigenvalue weighted by atomic mass is 9.82. The van der Waals surface area contributed by atoms with E-state index in [9.17, 15) is 0 Å². The molecule has 0 amide bonds. The summed E-state index contributed by atoms with van der Waals surface area (Å²) in [6, 6.07) is 0.741. The SMILES string of the molecule is CCC(CNCC(C)C)N1CCC(C)(C)CC1. The monoisotopic (exact) mass is 240 g/mol. The summed E-state index contributed by atoms with van der Waals surface area (Å²) in [7, 11) is 0. The van der Waals surface area contributed by atoms with Gasteiger partial charge < -0.3 is 5.32 Å². The Morgan fingerprint density at radius 1 is 1.12 bits per heavy atom. The van der Waals surface area contributed by atoms with Crippen molar-refractivity contribution < 1.29 is 0 Å². The first-order valence-electron chi connectivity index (χ1n) is 7.39. The maximum atomic E-state index is 3.61. The molecule has 0 radical (unpaired) electrons. The lowest BCUT2D eigenvalue weighted by Crippen LogP contribution is -2.47. The summed E-state index contributed by atoms with van der Waals surface area (Å²) in [5.41, 5.74) is 0.570. The first kappa shape index (κ1) is 15.0. The molecule has 1 heterocycles. The van der Waals surface area contributed by atoms with Crippen LogP contribution in [0.1, 0.15) is 53.9 Å². The number of hydrogen-bond donors (Lipinski definition) is 1. The fraction of sp³-hybridized carbons (Fsp3) is 1.00. The highest BCUT2D eigenvalue weighted by molar-refractivity contribution is 4.83. The van der Waals surface area contributed by atoms with Gasteiger partial charge in [0.05, 0.1) is 0 Å².